The lowest BCUT2D eigenvalue weighted by Crippen LogP contribution is -2.42. The molecule has 0 aliphatic carbocycles. The van der Waals surface area contributed by atoms with Gasteiger partial charge >= 0.3 is 0 Å². The van der Waals surface area contributed by atoms with Crippen LogP contribution in [0.4, 0.5) is 5.95 Å². The molecule has 2 aromatic rings. The maximum absolute atomic E-state index is 13.3. The number of rotatable bonds is 4. The minimum atomic E-state index is -0.643. The van der Waals surface area contributed by atoms with Crippen LogP contribution in [0.2, 0.25) is 0 Å². The monoisotopic (exact) mass is 401 g/mol. The van der Waals surface area contributed by atoms with Crippen molar-refractivity contribution in [2.45, 2.75) is 44.9 Å². The van der Waals surface area contributed by atoms with Crippen molar-refractivity contribution in [2.75, 3.05) is 38.7 Å². The molecule has 0 saturated carbocycles. The van der Waals surface area contributed by atoms with E-state index in [4.69, 9.17) is 4.74 Å². The molecule has 2 N–H and O–H groups in total. The number of carbonyl (C=O) groups is 1. The predicted molar refractivity (Wildman–Crippen MR) is 109 cm³/mol. The zero-order valence-corrected chi connectivity index (χ0v) is 17.0. The Morgan fingerprint density at radius 2 is 2.17 bits per heavy atom. The first-order valence-corrected chi connectivity index (χ1v) is 10.0. The molecule has 2 aromatic heterocycles. The summed E-state index contributed by atoms with van der Waals surface area (Å²) in [7, 11) is 2.02. The van der Waals surface area contributed by atoms with Crippen LogP contribution in [0.1, 0.15) is 41.7 Å². The molecule has 2 aliphatic rings. The zero-order valence-electron chi connectivity index (χ0n) is 17.0. The van der Waals surface area contributed by atoms with Gasteiger partial charge in [0, 0.05) is 24.7 Å². The van der Waals surface area contributed by atoms with Gasteiger partial charge < -0.3 is 20.1 Å². The highest BCUT2D eigenvalue weighted by Crippen LogP contribution is 2.26. The molecule has 2 fully saturated rings. The zero-order chi connectivity index (χ0) is 20.7. The number of fused-ring (bicyclic) bond motifs is 1. The summed E-state index contributed by atoms with van der Waals surface area (Å²) in [5, 5.41) is 14.0. The minimum absolute atomic E-state index is 0.0508. The van der Waals surface area contributed by atoms with Crippen LogP contribution in [-0.2, 0) is 4.74 Å². The first kappa shape index (κ1) is 19.9. The van der Waals surface area contributed by atoms with Gasteiger partial charge in [-0.05, 0) is 45.8 Å². The summed E-state index contributed by atoms with van der Waals surface area (Å²) in [6, 6.07) is -0.262. The molecule has 2 aliphatic heterocycles. The van der Waals surface area contributed by atoms with Gasteiger partial charge in [-0.15, -0.1) is 0 Å². The number of aryl methyl sites for hydroxylation is 1. The predicted octanol–water partition coefficient (Wildman–Crippen LogP) is 0.741. The summed E-state index contributed by atoms with van der Waals surface area (Å²) in [6.45, 7) is 5.62. The van der Waals surface area contributed by atoms with Gasteiger partial charge in [0.1, 0.15) is 5.65 Å². The Labute approximate surface area is 168 Å². The highest BCUT2D eigenvalue weighted by molar-refractivity contribution is 5.99. The second kappa shape index (κ2) is 7.81. The molecule has 0 spiro atoms. The summed E-state index contributed by atoms with van der Waals surface area (Å²) in [5.74, 6) is 0.111. The van der Waals surface area contributed by atoms with E-state index < -0.39 is 6.10 Å². The van der Waals surface area contributed by atoms with Gasteiger partial charge in [0.25, 0.3) is 5.56 Å². The SMILES string of the molecule is CC(=O)c1c(C)c2cnc(N[C@@H]3CCOC[C@H]3O)nc2n(C2CCN(C)C2)c1=O. The fraction of sp³-hybridized carbons (Fsp3) is 0.600. The fourth-order valence-corrected chi connectivity index (χ4v) is 4.34. The van der Waals surface area contributed by atoms with Gasteiger partial charge in [0.2, 0.25) is 5.95 Å². The maximum atomic E-state index is 13.3. The number of hydrogen-bond acceptors (Lipinski definition) is 8. The van der Waals surface area contributed by atoms with Crippen molar-refractivity contribution in [1.29, 1.82) is 0 Å². The number of carbonyl (C=O) groups excluding carboxylic acids is 1. The Balaban J connectivity index is 1.84. The number of ether oxygens (including phenoxy) is 1. The van der Waals surface area contributed by atoms with Crippen LogP contribution in [0.25, 0.3) is 11.0 Å². The molecular weight excluding hydrogens is 374 g/mol. The fourth-order valence-electron chi connectivity index (χ4n) is 4.34. The number of nitrogens with zero attached hydrogens (tertiary/aromatic N) is 4. The van der Waals surface area contributed by atoms with Crippen molar-refractivity contribution < 1.29 is 14.6 Å². The summed E-state index contributed by atoms with van der Waals surface area (Å²) < 4.78 is 6.93. The number of likely N-dealkylation sites (N-methyl/N-ethyl adjacent to an activating group) is 1. The third-order valence-electron chi connectivity index (χ3n) is 5.93. The van der Waals surface area contributed by atoms with E-state index in [0.29, 0.717) is 35.6 Å². The van der Waals surface area contributed by atoms with Crippen molar-refractivity contribution in [3.63, 3.8) is 0 Å². The molecule has 9 nitrogen and oxygen atoms in total. The quantitative estimate of drug-likeness (QED) is 0.722. The lowest BCUT2D eigenvalue weighted by atomic mass is 10.0. The van der Waals surface area contributed by atoms with Gasteiger partial charge in [0.15, 0.2) is 5.78 Å². The number of pyridine rings is 1. The summed E-state index contributed by atoms with van der Waals surface area (Å²) in [6.07, 6.45) is 2.48. The lowest BCUT2D eigenvalue weighted by Gasteiger charge is -2.28. The van der Waals surface area contributed by atoms with E-state index in [0.717, 1.165) is 19.5 Å². The molecule has 1 unspecified atom stereocenters. The molecule has 3 atom stereocenters. The molecule has 0 amide bonds. The molecule has 156 valence electrons. The maximum Gasteiger partial charge on any atom is 0.263 e. The van der Waals surface area contributed by atoms with Gasteiger partial charge in [-0.25, -0.2) is 4.98 Å². The summed E-state index contributed by atoms with van der Waals surface area (Å²) in [5.41, 5.74) is 1.05. The third-order valence-corrected chi connectivity index (χ3v) is 5.93. The topological polar surface area (TPSA) is 110 Å². The molecule has 0 aromatic carbocycles. The van der Waals surface area contributed by atoms with E-state index in [-0.39, 0.29) is 35.6 Å². The third kappa shape index (κ3) is 3.65. The summed E-state index contributed by atoms with van der Waals surface area (Å²) >= 11 is 0. The standard InChI is InChI=1S/C20H27N5O4/c1-11-14-8-21-20(22-15-5-7-29-10-16(15)27)23-18(14)25(13-4-6-24(3)9-13)19(28)17(11)12(2)26/h8,13,15-16,27H,4-7,9-10H2,1-3H3,(H,21,22,23)/t13?,15-,16-/m1/s1. The van der Waals surface area contributed by atoms with Crippen LogP contribution in [0.15, 0.2) is 11.0 Å². The Kier molecular flexibility index (Phi) is 5.37. The van der Waals surface area contributed by atoms with E-state index in [1.165, 1.54) is 6.92 Å². The van der Waals surface area contributed by atoms with Gasteiger partial charge in [-0.1, -0.05) is 0 Å². The highest BCUT2D eigenvalue weighted by atomic mass is 16.5. The number of aliphatic hydroxyl groups is 1. The van der Waals surface area contributed by atoms with Gasteiger partial charge in [0.05, 0.1) is 30.4 Å². The summed E-state index contributed by atoms with van der Waals surface area (Å²) in [4.78, 5) is 36.7. The molecular formula is C20H27N5O4. The number of nitrogens with one attached hydrogen (secondary N) is 1. The molecule has 0 radical (unpaired) electrons. The van der Waals surface area contributed by atoms with E-state index in [2.05, 4.69) is 20.2 Å². The molecule has 29 heavy (non-hydrogen) atoms. The Hall–Kier alpha value is -2.36. The van der Waals surface area contributed by atoms with Crippen molar-refractivity contribution in [3.8, 4) is 0 Å². The molecule has 0 bridgehead atoms. The number of anilines is 1. The number of hydrogen-bond donors (Lipinski definition) is 2. The first-order valence-electron chi connectivity index (χ1n) is 10.0. The molecule has 2 saturated heterocycles. The van der Waals surface area contributed by atoms with E-state index >= 15 is 0 Å². The second-order valence-corrected chi connectivity index (χ2v) is 8.05. The van der Waals surface area contributed by atoms with E-state index in [9.17, 15) is 14.7 Å². The van der Waals surface area contributed by atoms with E-state index in [1.54, 1.807) is 17.7 Å². The number of Topliss-reactive ketones (excluding diaryl/α,β-unsaturated/α-hetero) is 1. The average Bonchev–Trinajstić information content (AvgIpc) is 3.09. The second-order valence-electron chi connectivity index (χ2n) is 8.05. The van der Waals surface area contributed by atoms with Crippen LogP contribution >= 0.6 is 0 Å². The molecule has 4 rings (SSSR count). The number of likely N-dealkylation sites (tertiary alicyclic amines) is 1. The van der Waals surface area contributed by atoms with Crippen LogP contribution in [0.3, 0.4) is 0 Å². The Morgan fingerprint density at radius 3 is 2.83 bits per heavy atom. The number of aliphatic hydroxyl groups excluding tert-OH is 1. The number of ketones is 1. The normalized spacial score (nSPS) is 25.4. The van der Waals surface area contributed by atoms with Crippen molar-refractivity contribution in [3.05, 3.63) is 27.7 Å². The smallest absolute Gasteiger partial charge is 0.263 e. The largest absolute Gasteiger partial charge is 0.389 e. The molecule has 4 heterocycles. The number of aromatic nitrogens is 3. The highest BCUT2D eigenvalue weighted by Gasteiger charge is 2.29. The minimum Gasteiger partial charge on any atom is -0.389 e. The van der Waals surface area contributed by atoms with Crippen molar-refractivity contribution in [2.24, 2.45) is 0 Å². The van der Waals surface area contributed by atoms with Crippen molar-refractivity contribution in [1.82, 2.24) is 19.4 Å². The lowest BCUT2D eigenvalue weighted by molar-refractivity contribution is -0.0136. The van der Waals surface area contributed by atoms with Crippen LogP contribution in [0.5, 0.6) is 0 Å². The van der Waals surface area contributed by atoms with Crippen LogP contribution in [0, 0.1) is 6.92 Å². The van der Waals surface area contributed by atoms with E-state index in [1.807, 2.05) is 7.05 Å². The first-order chi connectivity index (χ1) is 13.9. The van der Waals surface area contributed by atoms with Crippen LogP contribution < -0.4 is 10.9 Å². The van der Waals surface area contributed by atoms with Gasteiger partial charge in [-0.3, -0.25) is 14.2 Å². The van der Waals surface area contributed by atoms with Crippen molar-refractivity contribution >= 4 is 22.8 Å². The Morgan fingerprint density at radius 1 is 1.38 bits per heavy atom. The van der Waals surface area contributed by atoms with Gasteiger partial charge in [-0.2, -0.15) is 4.98 Å². The average molecular weight is 401 g/mol. The Bertz CT molecular complexity index is 1000. The molecule has 9 heteroatoms. The van der Waals surface area contributed by atoms with Crippen LogP contribution in [-0.4, -0.2) is 75.8 Å².